The molecule has 0 radical (unpaired) electrons. The third-order valence-electron chi connectivity index (χ3n) is 2.92. The molecule has 2 rings (SSSR count). The van der Waals surface area contributed by atoms with Gasteiger partial charge >= 0.3 is 0 Å². The van der Waals surface area contributed by atoms with E-state index in [1.54, 1.807) is 0 Å². The Morgan fingerprint density at radius 1 is 1.26 bits per heavy atom. The summed E-state index contributed by atoms with van der Waals surface area (Å²) in [5, 5.41) is 3.36. The number of hydrogen-bond donors (Lipinski definition) is 1. The van der Waals surface area contributed by atoms with Gasteiger partial charge in [0.1, 0.15) is 0 Å². The molecule has 0 aromatic heterocycles. The van der Waals surface area contributed by atoms with E-state index < -0.39 is 0 Å². The Bertz CT molecular complexity index is 412. The maximum absolute atomic E-state index is 5.50. The zero-order chi connectivity index (χ0) is 13.5. The van der Waals surface area contributed by atoms with Crippen LogP contribution in [0, 0.1) is 0 Å². The number of nitrogens with one attached hydrogen (secondary N) is 1. The molecule has 5 heteroatoms. The fourth-order valence-corrected chi connectivity index (χ4v) is 2.27. The molecule has 19 heavy (non-hydrogen) atoms. The van der Waals surface area contributed by atoms with Crippen molar-refractivity contribution in [3.8, 4) is 11.5 Å². The van der Waals surface area contributed by atoms with E-state index in [1.165, 1.54) is 6.42 Å². The number of fused-ring (bicyclic) bond motifs is 1. The Kier molecular flexibility index (Phi) is 5.94. The third kappa shape index (κ3) is 4.37. The molecule has 1 aromatic rings. The predicted molar refractivity (Wildman–Crippen MR) is 77.7 cm³/mol. The van der Waals surface area contributed by atoms with Gasteiger partial charge in [0, 0.05) is 24.2 Å². The molecule has 1 aliphatic heterocycles. The van der Waals surface area contributed by atoms with Gasteiger partial charge in [-0.25, -0.2) is 0 Å². The van der Waals surface area contributed by atoms with Crippen LogP contribution in [-0.4, -0.2) is 26.6 Å². The summed E-state index contributed by atoms with van der Waals surface area (Å²) in [5.74, 6) is 1.62. The summed E-state index contributed by atoms with van der Waals surface area (Å²) in [7, 11) is 0. The van der Waals surface area contributed by atoms with Crippen molar-refractivity contribution < 1.29 is 14.2 Å². The van der Waals surface area contributed by atoms with E-state index in [4.69, 9.17) is 14.2 Å². The fraction of sp³-hybridized carbons (Fsp3) is 0.571. The molecular weight excluding hydrogens is 310 g/mol. The third-order valence-corrected chi connectivity index (χ3v) is 3.66. The highest BCUT2D eigenvalue weighted by Crippen LogP contribution is 2.36. The molecule has 0 spiro atoms. The minimum Gasteiger partial charge on any atom is -0.454 e. The van der Waals surface area contributed by atoms with Crippen molar-refractivity contribution in [1.82, 2.24) is 5.32 Å². The minimum absolute atomic E-state index is 0.309. The average Bonchev–Trinajstić information content (AvgIpc) is 2.84. The second-order valence-corrected chi connectivity index (χ2v) is 5.29. The van der Waals surface area contributed by atoms with Crippen molar-refractivity contribution in [2.75, 3.05) is 26.6 Å². The Labute approximate surface area is 122 Å². The molecule has 0 saturated carbocycles. The highest BCUT2D eigenvalue weighted by Gasteiger charge is 2.15. The summed E-state index contributed by atoms with van der Waals surface area (Å²) in [6.07, 6.45) is 2.31. The van der Waals surface area contributed by atoms with Crippen molar-refractivity contribution in [3.05, 3.63) is 22.2 Å². The van der Waals surface area contributed by atoms with E-state index in [1.807, 2.05) is 12.1 Å². The monoisotopic (exact) mass is 329 g/mol. The number of hydrogen-bond acceptors (Lipinski definition) is 4. The summed E-state index contributed by atoms with van der Waals surface area (Å²) in [4.78, 5) is 0. The standard InChI is InChI=1S/C14H20BrNO3/c1-2-3-5-17-6-4-16-9-11-7-13-14(8-12(11)15)19-10-18-13/h7-8,16H,2-6,9-10H2,1H3. The number of halogens is 1. The molecule has 0 saturated heterocycles. The Hall–Kier alpha value is -0.780. The second kappa shape index (κ2) is 7.72. The molecule has 0 fully saturated rings. The smallest absolute Gasteiger partial charge is 0.231 e. The molecule has 0 bridgehead atoms. The van der Waals surface area contributed by atoms with E-state index in [0.29, 0.717) is 6.79 Å². The SMILES string of the molecule is CCCCOCCNCc1cc2c(cc1Br)OCO2. The van der Waals surface area contributed by atoms with Gasteiger partial charge in [0.25, 0.3) is 0 Å². The lowest BCUT2D eigenvalue weighted by Crippen LogP contribution is -2.19. The van der Waals surface area contributed by atoms with Crippen LogP contribution < -0.4 is 14.8 Å². The molecular formula is C14H20BrNO3. The number of unbranched alkanes of at least 4 members (excludes halogenated alkanes) is 1. The molecule has 0 unspecified atom stereocenters. The van der Waals surface area contributed by atoms with Gasteiger partial charge < -0.3 is 19.5 Å². The molecule has 1 N–H and O–H groups in total. The Morgan fingerprint density at radius 2 is 2.05 bits per heavy atom. The first kappa shape index (κ1) is 14.6. The highest BCUT2D eigenvalue weighted by atomic mass is 79.9. The number of ether oxygens (including phenoxy) is 3. The van der Waals surface area contributed by atoms with Gasteiger partial charge in [0.2, 0.25) is 6.79 Å². The van der Waals surface area contributed by atoms with Crippen LogP contribution in [0.5, 0.6) is 11.5 Å². The maximum Gasteiger partial charge on any atom is 0.231 e. The summed E-state index contributed by atoms with van der Waals surface area (Å²) in [6.45, 7) is 5.72. The van der Waals surface area contributed by atoms with Crippen LogP contribution in [0.15, 0.2) is 16.6 Å². The molecule has 106 valence electrons. The first-order valence-electron chi connectivity index (χ1n) is 6.67. The van der Waals surface area contributed by atoms with Gasteiger partial charge in [0.05, 0.1) is 6.61 Å². The highest BCUT2D eigenvalue weighted by molar-refractivity contribution is 9.10. The van der Waals surface area contributed by atoms with Crippen molar-refractivity contribution in [3.63, 3.8) is 0 Å². The zero-order valence-corrected chi connectivity index (χ0v) is 12.8. The average molecular weight is 330 g/mol. The lowest BCUT2D eigenvalue weighted by molar-refractivity contribution is 0.133. The van der Waals surface area contributed by atoms with Gasteiger partial charge in [-0.3, -0.25) is 0 Å². The van der Waals surface area contributed by atoms with Gasteiger partial charge in [-0.1, -0.05) is 29.3 Å². The molecule has 1 aromatic carbocycles. The summed E-state index contributed by atoms with van der Waals surface area (Å²) in [6, 6.07) is 3.97. The Morgan fingerprint density at radius 3 is 2.84 bits per heavy atom. The van der Waals surface area contributed by atoms with Crippen LogP contribution in [0.2, 0.25) is 0 Å². The van der Waals surface area contributed by atoms with Crippen molar-refractivity contribution in [2.45, 2.75) is 26.3 Å². The Balaban J connectivity index is 1.71. The number of benzene rings is 1. The normalized spacial score (nSPS) is 12.9. The van der Waals surface area contributed by atoms with Crippen LogP contribution in [0.3, 0.4) is 0 Å². The largest absolute Gasteiger partial charge is 0.454 e. The molecule has 1 aliphatic rings. The van der Waals surface area contributed by atoms with E-state index >= 15 is 0 Å². The summed E-state index contributed by atoms with van der Waals surface area (Å²) < 4.78 is 17.2. The van der Waals surface area contributed by atoms with Gasteiger partial charge in [-0.2, -0.15) is 0 Å². The fourth-order valence-electron chi connectivity index (χ4n) is 1.81. The van der Waals surface area contributed by atoms with Gasteiger partial charge in [-0.15, -0.1) is 0 Å². The molecule has 0 aliphatic carbocycles. The van der Waals surface area contributed by atoms with E-state index in [-0.39, 0.29) is 0 Å². The minimum atomic E-state index is 0.309. The lowest BCUT2D eigenvalue weighted by Gasteiger charge is -2.08. The van der Waals surface area contributed by atoms with Crippen LogP contribution >= 0.6 is 15.9 Å². The van der Waals surface area contributed by atoms with Crippen molar-refractivity contribution in [1.29, 1.82) is 0 Å². The topological polar surface area (TPSA) is 39.7 Å². The molecule has 4 nitrogen and oxygen atoms in total. The van der Waals surface area contributed by atoms with E-state index in [0.717, 1.165) is 54.3 Å². The van der Waals surface area contributed by atoms with Crippen LogP contribution in [0.4, 0.5) is 0 Å². The molecule has 0 amide bonds. The zero-order valence-electron chi connectivity index (χ0n) is 11.2. The van der Waals surface area contributed by atoms with Crippen molar-refractivity contribution in [2.24, 2.45) is 0 Å². The van der Waals surface area contributed by atoms with Crippen LogP contribution in [0.25, 0.3) is 0 Å². The van der Waals surface area contributed by atoms with Gasteiger partial charge in [-0.05, 0) is 24.1 Å². The van der Waals surface area contributed by atoms with Gasteiger partial charge in [0.15, 0.2) is 11.5 Å². The van der Waals surface area contributed by atoms with E-state index in [2.05, 4.69) is 28.2 Å². The predicted octanol–water partition coefficient (Wildman–Crippen LogP) is 3.08. The first-order valence-corrected chi connectivity index (χ1v) is 7.47. The summed E-state index contributed by atoms with van der Waals surface area (Å²) >= 11 is 3.55. The lowest BCUT2D eigenvalue weighted by atomic mass is 10.2. The molecule has 0 atom stereocenters. The summed E-state index contributed by atoms with van der Waals surface area (Å²) in [5.41, 5.74) is 1.16. The quantitative estimate of drug-likeness (QED) is 0.744. The van der Waals surface area contributed by atoms with Crippen molar-refractivity contribution >= 4 is 15.9 Å². The van der Waals surface area contributed by atoms with Crippen LogP contribution in [-0.2, 0) is 11.3 Å². The second-order valence-electron chi connectivity index (χ2n) is 4.44. The maximum atomic E-state index is 5.50. The first-order chi connectivity index (χ1) is 9.31. The molecule has 1 heterocycles. The number of rotatable bonds is 8. The van der Waals surface area contributed by atoms with E-state index in [9.17, 15) is 0 Å². The van der Waals surface area contributed by atoms with Crippen LogP contribution in [0.1, 0.15) is 25.3 Å².